The minimum Gasteiger partial charge on any atom is -0.0625 e. The van der Waals surface area contributed by atoms with Gasteiger partial charge in [0.05, 0.1) is 0 Å². The van der Waals surface area contributed by atoms with Gasteiger partial charge in [0.1, 0.15) is 0 Å². The fourth-order valence-corrected chi connectivity index (χ4v) is 3.62. The first-order valence-electron chi connectivity index (χ1n) is 5.71. The summed E-state index contributed by atoms with van der Waals surface area (Å²) in [5.74, 6) is 2.09. The minimum atomic E-state index is 0.746. The lowest BCUT2D eigenvalue weighted by Crippen LogP contribution is -2.36. The van der Waals surface area contributed by atoms with E-state index < -0.39 is 0 Å². The molecule has 3 atom stereocenters. The highest BCUT2D eigenvalue weighted by molar-refractivity contribution is 4.90. The van der Waals surface area contributed by atoms with E-state index in [9.17, 15) is 0 Å². The van der Waals surface area contributed by atoms with E-state index in [-0.39, 0.29) is 0 Å². The molecule has 0 amide bonds. The zero-order valence-electron chi connectivity index (χ0n) is 8.60. The Kier molecular flexibility index (Phi) is 2.18. The smallest absolute Gasteiger partial charge is 0.0295 e. The largest absolute Gasteiger partial charge is 0.0625 e. The van der Waals surface area contributed by atoms with E-state index in [1.54, 1.807) is 0 Å². The van der Waals surface area contributed by atoms with Crippen LogP contribution < -0.4 is 0 Å². The Morgan fingerprint density at radius 1 is 1.08 bits per heavy atom. The number of rotatable bonds is 0. The molecule has 1 unspecified atom stereocenters. The maximum atomic E-state index is 2.55. The van der Waals surface area contributed by atoms with Gasteiger partial charge in [-0.3, -0.25) is 0 Å². The molecule has 0 heteroatoms. The molecule has 70 valence electrons. The van der Waals surface area contributed by atoms with E-state index in [0.717, 1.165) is 17.3 Å². The van der Waals surface area contributed by atoms with Crippen molar-refractivity contribution in [3.63, 3.8) is 0 Å². The first-order valence-corrected chi connectivity index (χ1v) is 5.71. The maximum absolute atomic E-state index is 2.55. The molecular formula is C12H22. The summed E-state index contributed by atoms with van der Waals surface area (Å²) in [5.41, 5.74) is 0.746. The molecule has 0 N–H and O–H groups in total. The van der Waals surface area contributed by atoms with Crippen LogP contribution in [0.4, 0.5) is 0 Å². The molecular weight excluding hydrogens is 144 g/mol. The molecule has 0 bridgehead atoms. The molecule has 0 saturated heterocycles. The molecule has 0 nitrogen and oxygen atoms in total. The highest BCUT2D eigenvalue weighted by atomic mass is 14.4. The van der Waals surface area contributed by atoms with Gasteiger partial charge in [-0.25, -0.2) is 0 Å². The summed E-state index contributed by atoms with van der Waals surface area (Å²) < 4.78 is 0. The lowest BCUT2D eigenvalue weighted by molar-refractivity contribution is 0.0389. The van der Waals surface area contributed by atoms with Gasteiger partial charge >= 0.3 is 0 Å². The molecule has 2 aliphatic carbocycles. The third kappa shape index (κ3) is 1.41. The van der Waals surface area contributed by atoms with Crippen molar-refractivity contribution in [2.24, 2.45) is 17.3 Å². The van der Waals surface area contributed by atoms with Gasteiger partial charge in [0.2, 0.25) is 0 Å². The van der Waals surface area contributed by atoms with Crippen LogP contribution in [-0.4, -0.2) is 0 Å². The second-order valence-corrected chi connectivity index (χ2v) is 5.48. The van der Waals surface area contributed by atoms with Crippen LogP contribution in [0.2, 0.25) is 0 Å². The molecule has 0 spiro atoms. The molecule has 2 rings (SSSR count). The van der Waals surface area contributed by atoms with Gasteiger partial charge in [-0.15, -0.1) is 0 Å². The van der Waals surface area contributed by atoms with Crippen LogP contribution in [0.5, 0.6) is 0 Å². The van der Waals surface area contributed by atoms with Crippen molar-refractivity contribution in [2.45, 2.75) is 58.8 Å². The van der Waals surface area contributed by atoms with Crippen molar-refractivity contribution < 1.29 is 0 Å². The molecule has 0 aromatic rings. The summed E-state index contributed by atoms with van der Waals surface area (Å²) in [7, 11) is 0. The van der Waals surface area contributed by atoms with E-state index in [4.69, 9.17) is 0 Å². The van der Waals surface area contributed by atoms with Gasteiger partial charge in [-0.1, -0.05) is 33.1 Å². The first-order chi connectivity index (χ1) is 5.71. The Labute approximate surface area is 76.7 Å². The molecule has 2 fully saturated rings. The highest BCUT2D eigenvalue weighted by Crippen LogP contribution is 2.51. The minimum absolute atomic E-state index is 0.746. The summed E-state index contributed by atoms with van der Waals surface area (Å²) in [6, 6.07) is 0. The van der Waals surface area contributed by atoms with Crippen LogP contribution >= 0.6 is 0 Å². The average Bonchev–Trinajstić information content (AvgIpc) is 2.02. The van der Waals surface area contributed by atoms with E-state index in [0.29, 0.717) is 0 Å². The van der Waals surface area contributed by atoms with Crippen molar-refractivity contribution >= 4 is 0 Å². The third-order valence-electron chi connectivity index (χ3n) is 4.36. The van der Waals surface area contributed by atoms with Crippen LogP contribution in [0.25, 0.3) is 0 Å². The van der Waals surface area contributed by atoms with E-state index in [1.165, 1.54) is 44.9 Å². The van der Waals surface area contributed by atoms with Gasteiger partial charge in [0.25, 0.3) is 0 Å². The Hall–Kier alpha value is 0. The lowest BCUT2D eigenvalue weighted by atomic mass is 9.58. The zero-order chi connectivity index (χ0) is 8.60. The van der Waals surface area contributed by atoms with Crippen molar-refractivity contribution in [1.82, 2.24) is 0 Å². The molecule has 12 heavy (non-hydrogen) atoms. The Morgan fingerprint density at radius 3 is 2.75 bits per heavy atom. The van der Waals surface area contributed by atoms with Gasteiger partial charge in [-0.05, 0) is 42.9 Å². The van der Waals surface area contributed by atoms with Gasteiger partial charge in [0, 0.05) is 0 Å². The SMILES string of the molecule is CC1CC[C@H]2CCCC[C@]2(C)C1. The second kappa shape index (κ2) is 3.05. The van der Waals surface area contributed by atoms with E-state index in [1.807, 2.05) is 0 Å². The third-order valence-corrected chi connectivity index (χ3v) is 4.36. The average molecular weight is 166 g/mol. The Morgan fingerprint density at radius 2 is 1.92 bits per heavy atom. The topological polar surface area (TPSA) is 0 Å². The van der Waals surface area contributed by atoms with Crippen LogP contribution in [-0.2, 0) is 0 Å². The van der Waals surface area contributed by atoms with Crippen molar-refractivity contribution in [1.29, 1.82) is 0 Å². The standard InChI is InChI=1S/C12H22/c1-10-6-7-11-5-3-4-8-12(11,2)9-10/h10-11H,3-9H2,1-2H3/t10?,11-,12-/m1/s1. The Balaban J connectivity index is 2.07. The maximum Gasteiger partial charge on any atom is -0.0295 e. The molecule has 0 aromatic carbocycles. The van der Waals surface area contributed by atoms with E-state index in [2.05, 4.69) is 13.8 Å². The molecule has 0 heterocycles. The monoisotopic (exact) mass is 166 g/mol. The van der Waals surface area contributed by atoms with Crippen LogP contribution in [0.15, 0.2) is 0 Å². The van der Waals surface area contributed by atoms with Crippen LogP contribution in [0, 0.1) is 17.3 Å². The van der Waals surface area contributed by atoms with Gasteiger partial charge < -0.3 is 0 Å². The predicted molar refractivity (Wildman–Crippen MR) is 53.1 cm³/mol. The zero-order valence-corrected chi connectivity index (χ0v) is 8.60. The summed E-state index contributed by atoms with van der Waals surface area (Å²) in [4.78, 5) is 0. The first kappa shape index (κ1) is 8.59. The second-order valence-electron chi connectivity index (χ2n) is 5.48. The summed E-state index contributed by atoms with van der Waals surface area (Å²) in [6.45, 7) is 4.99. The van der Waals surface area contributed by atoms with Crippen molar-refractivity contribution in [2.75, 3.05) is 0 Å². The lowest BCUT2D eigenvalue weighted by Gasteiger charge is -2.47. The number of hydrogen-bond donors (Lipinski definition) is 0. The number of fused-ring (bicyclic) bond motifs is 1. The molecule has 0 aliphatic heterocycles. The quantitative estimate of drug-likeness (QED) is 0.510. The van der Waals surface area contributed by atoms with Gasteiger partial charge in [0.15, 0.2) is 0 Å². The summed E-state index contributed by atoms with van der Waals surface area (Å²) in [6.07, 6.45) is 10.6. The van der Waals surface area contributed by atoms with Gasteiger partial charge in [-0.2, -0.15) is 0 Å². The predicted octanol–water partition coefficient (Wildman–Crippen LogP) is 4.00. The normalized spacial score (nSPS) is 48.5. The van der Waals surface area contributed by atoms with E-state index >= 15 is 0 Å². The molecule has 0 aromatic heterocycles. The Bertz CT molecular complexity index is 161. The molecule has 0 radical (unpaired) electrons. The highest BCUT2D eigenvalue weighted by Gasteiger charge is 2.39. The molecule has 2 saturated carbocycles. The summed E-state index contributed by atoms with van der Waals surface area (Å²) in [5, 5.41) is 0. The molecule has 2 aliphatic rings. The number of hydrogen-bond acceptors (Lipinski definition) is 0. The van der Waals surface area contributed by atoms with Crippen molar-refractivity contribution in [3.05, 3.63) is 0 Å². The van der Waals surface area contributed by atoms with Crippen LogP contribution in [0.1, 0.15) is 58.8 Å². The van der Waals surface area contributed by atoms with Crippen LogP contribution in [0.3, 0.4) is 0 Å². The summed E-state index contributed by atoms with van der Waals surface area (Å²) >= 11 is 0. The fraction of sp³-hybridized carbons (Fsp3) is 1.00. The fourth-order valence-electron chi connectivity index (χ4n) is 3.62. The van der Waals surface area contributed by atoms with Crippen molar-refractivity contribution in [3.8, 4) is 0 Å².